The highest BCUT2D eigenvalue weighted by molar-refractivity contribution is 5.89. The fourth-order valence-corrected chi connectivity index (χ4v) is 1.42. The lowest BCUT2D eigenvalue weighted by Gasteiger charge is -2.12. The number of methoxy groups -OCH3 is 1. The average Bonchev–Trinajstić information content (AvgIpc) is 2.31. The van der Waals surface area contributed by atoms with Gasteiger partial charge in [-0.25, -0.2) is 4.79 Å². The molecule has 7 nitrogen and oxygen atoms in total. The average molecular weight is 255 g/mol. The Morgan fingerprint density at radius 1 is 1.39 bits per heavy atom. The third kappa shape index (κ3) is 2.89. The minimum absolute atomic E-state index is 0.0394. The van der Waals surface area contributed by atoms with Gasteiger partial charge in [-0.15, -0.1) is 0 Å². The Labute approximate surface area is 102 Å². The maximum Gasteiger partial charge on any atom is 0.335 e. The Kier molecular flexibility index (Phi) is 4.11. The lowest BCUT2D eigenvalue weighted by Crippen LogP contribution is -2.32. The van der Waals surface area contributed by atoms with E-state index in [4.69, 9.17) is 20.7 Å². The number of benzene rings is 1. The minimum atomic E-state index is -1.24. The van der Waals surface area contributed by atoms with E-state index in [1.165, 1.54) is 13.2 Å². The molecule has 98 valence electrons. The number of nitrogens with two attached hydrogens (primary N) is 1. The van der Waals surface area contributed by atoms with Crippen molar-refractivity contribution in [1.29, 1.82) is 0 Å². The topological polar surface area (TPSA) is 130 Å². The second-order valence-electron chi connectivity index (χ2n) is 3.64. The van der Waals surface area contributed by atoms with Crippen molar-refractivity contribution >= 4 is 11.9 Å². The molecule has 0 aliphatic carbocycles. The van der Waals surface area contributed by atoms with E-state index in [-0.39, 0.29) is 29.0 Å². The summed E-state index contributed by atoms with van der Waals surface area (Å²) in [7, 11) is 1.27. The van der Waals surface area contributed by atoms with Gasteiger partial charge in [-0.05, 0) is 12.1 Å². The van der Waals surface area contributed by atoms with Crippen molar-refractivity contribution < 1.29 is 29.6 Å². The van der Waals surface area contributed by atoms with Gasteiger partial charge < -0.3 is 25.8 Å². The quantitative estimate of drug-likeness (QED) is 0.584. The van der Waals surface area contributed by atoms with Crippen LogP contribution < -0.4 is 10.5 Å². The van der Waals surface area contributed by atoms with E-state index in [0.29, 0.717) is 0 Å². The predicted octanol–water partition coefficient (Wildman–Crippen LogP) is 0.0534. The van der Waals surface area contributed by atoms with Crippen molar-refractivity contribution in [2.45, 2.75) is 12.5 Å². The zero-order chi connectivity index (χ0) is 13.9. The summed E-state index contributed by atoms with van der Waals surface area (Å²) in [5.74, 6) is -2.80. The number of hydrogen-bond acceptors (Lipinski definition) is 5. The Hall–Kier alpha value is -2.28. The van der Waals surface area contributed by atoms with Gasteiger partial charge in [-0.3, -0.25) is 4.79 Å². The van der Waals surface area contributed by atoms with Crippen LogP contribution in [0.5, 0.6) is 11.5 Å². The van der Waals surface area contributed by atoms with Gasteiger partial charge in [0.15, 0.2) is 11.5 Å². The zero-order valence-corrected chi connectivity index (χ0v) is 9.58. The van der Waals surface area contributed by atoms with Crippen LogP contribution >= 0.6 is 0 Å². The third-order valence-electron chi connectivity index (χ3n) is 2.38. The van der Waals surface area contributed by atoms with E-state index in [0.717, 1.165) is 6.07 Å². The van der Waals surface area contributed by atoms with Crippen molar-refractivity contribution in [2.75, 3.05) is 7.11 Å². The number of ether oxygens (including phenoxy) is 1. The van der Waals surface area contributed by atoms with Crippen LogP contribution in [0.2, 0.25) is 0 Å². The number of carboxylic acid groups (broad SMARTS) is 2. The van der Waals surface area contributed by atoms with Crippen molar-refractivity contribution in [3.8, 4) is 11.5 Å². The van der Waals surface area contributed by atoms with Gasteiger partial charge >= 0.3 is 11.9 Å². The van der Waals surface area contributed by atoms with Gasteiger partial charge in [0.05, 0.1) is 12.7 Å². The first-order chi connectivity index (χ1) is 8.36. The van der Waals surface area contributed by atoms with Crippen LogP contribution in [-0.4, -0.2) is 40.4 Å². The fourth-order valence-electron chi connectivity index (χ4n) is 1.42. The summed E-state index contributed by atoms with van der Waals surface area (Å²) in [6.45, 7) is 0. The summed E-state index contributed by atoms with van der Waals surface area (Å²) in [5, 5.41) is 27.3. The summed E-state index contributed by atoms with van der Waals surface area (Å²) in [5.41, 5.74) is 5.34. The Bertz CT molecular complexity index is 485. The van der Waals surface area contributed by atoms with Gasteiger partial charge in [0.1, 0.15) is 6.04 Å². The van der Waals surface area contributed by atoms with Crippen molar-refractivity contribution in [2.24, 2.45) is 5.73 Å². The Morgan fingerprint density at radius 3 is 2.44 bits per heavy atom. The second-order valence-corrected chi connectivity index (χ2v) is 3.64. The summed E-state index contributed by atoms with van der Waals surface area (Å²) >= 11 is 0. The molecule has 0 bridgehead atoms. The molecule has 0 radical (unpaired) electrons. The van der Waals surface area contributed by atoms with E-state index in [2.05, 4.69) is 0 Å². The van der Waals surface area contributed by atoms with Crippen LogP contribution in [0.3, 0.4) is 0 Å². The molecule has 0 aliphatic rings. The highest BCUT2D eigenvalue weighted by atomic mass is 16.5. The predicted molar refractivity (Wildman–Crippen MR) is 60.9 cm³/mol. The van der Waals surface area contributed by atoms with Gasteiger partial charge in [-0.2, -0.15) is 0 Å². The molecule has 0 amide bonds. The van der Waals surface area contributed by atoms with Gasteiger partial charge in [0, 0.05) is 12.0 Å². The molecule has 1 aromatic carbocycles. The van der Waals surface area contributed by atoms with Gasteiger partial charge in [0.25, 0.3) is 0 Å². The molecule has 0 aromatic heterocycles. The number of aromatic carboxylic acids is 1. The highest BCUT2D eigenvalue weighted by Crippen LogP contribution is 2.32. The largest absolute Gasteiger partial charge is 0.504 e. The normalized spacial score (nSPS) is 11.9. The lowest BCUT2D eigenvalue weighted by atomic mass is 10.0. The van der Waals surface area contributed by atoms with E-state index < -0.39 is 18.0 Å². The molecule has 1 atom stereocenters. The summed E-state index contributed by atoms with van der Waals surface area (Å²) in [6.07, 6.45) is -0.196. The molecule has 0 spiro atoms. The maximum absolute atomic E-state index is 10.9. The van der Waals surface area contributed by atoms with Gasteiger partial charge in [-0.1, -0.05) is 0 Å². The molecule has 5 N–H and O–H groups in total. The summed E-state index contributed by atoms with van der Waals surface area (Å²) in [6, 6.07) is 1.08. The number of carboxylic acids is 2. The molecular weight excluding hydrogens is 242 g/mol. The number of carbonyl (C=O) groups is 2. The Balaban J connectivity index is 3.20. The smallest absolute Gasteiger partial charge is 0.335 e. The molecule has 0 saturated heterocycles. The molecule has 1 aromatic rings. The number of aliphatic carboxylic acids is 1. The fraction of sp³-hybridized carbons (Fsp3) is 0.273. The van der Waals surface area contributed by atoms with Gasteiger partial charge in [0.2, 0.25) is 0 Å². The van der Waals surface area contributed by atoms with Crippen molar-refractivity contribution in [1.82, 2.24) is 0 Å². The molecular formula is C11H13NO6. The van der Waals surface area contributed by atoms with Crippen LogP contribution in [0.15, 0.2) is 12.1 Å². The lowest BCUT2D eigenvalue weighted by molar-refractivity contribution is -0.138. The number of phenolic OH excluding ortho intramolecular Hbond substituents is 1. The molecule has 0 aliphatic heterocycles. The van der Waals surface area contributed by atoms with Crippen LogP contribution in [-0.2, 0) is 11.2 Å². The summed E-state index contributed by atoms with van der Waals surface area (Å²) in [4.78, 5) is 21.5. The molecule has 0 saturated carbocycles. The van der Waals surface area contributed by atoms with Crippen molar-refractivity contribution in [3.63, 3.8) is 0 Å². The second kappa shape index (κ2) is 5.37. The number of hydrogen-bond donors (Lipinski definition) is 4. The number of phenols is 1. The van der Waals surface area contributed by atoms with Crippen LogP contribution in [0.1, 0.15) is 15.9 Å². The zero-order valence-electron chi connectivity index (χ0n) is 9.58. The Morgan fingerprint density at radius 2 is 2.00 bits per heavy atom. The van der Waals surface area contributed by atoms with E-state index in [9.17, 15) is 14.7 Å². The first-order valence-electron chi connectivity index (χ1n) is 4.98. The minimum Gasteiger partial charge on any atom is -0.504 e. The molecule has 0 fully saturated rings. The first-order valence-corrected chi connectivity index (χ1v) is 4.98. The standard InChI is InChI=1S/C11H13NO6/c1-18-8-4-6(10(14)15)2-5(9(8)13)3-7(12)11(16)17/h2,4,7,13H,3,12H2,1H3,(H,14,15)(H,16,17). The van der Waals surface area contributed by atoms with E-state index in [1.54, 1.807) is 0 Å². The molecule has 18 heavy (non-hydrogen) atoms. The summed E-state index contributed by atoms with van der Waals surface area (Å²) < 4.78 is 4.82. The highest BCUT2D eigenvalue weighted by Gasteiger charge is 2.19. The van der Waals surface area contributed by atoms with E-state index >= 15 is 0 Å². The monoisotopic (exact) mass is 255 g/mol. The van der Waals surface area contributed by atoms with Crippen LogP contribution in [0.4, 0.5) is 0 Å². The SMILES string of the molecule is COc1cc(C(=O)O)cc(CC(N)C(=O)O)c1O. The third-order valence-corrected chi connectivity index (χ3v) is 2.38. The van der Waals surface area contributed by atoms with Crippen LogP contribution in [0.25, 0.3) is 0 Å². The number of rotatable bonds is 5. The molecule has 7 heteroatoms. The first kappa shape index (κ1) is 13.8. The molecule has 1 unspecified atom stereocenters. The van der Waals surface area contributed by atoms with Crippen LogP contribution in [0, 0.1) is 0 Å². The molecule has 1 rings (SSSR count). The maximum atomic E-state index is 10.9. The van der Waals surface area contributed by atoms with Crippen molar-refractivity contribution in [3.05, 3.63) is 23.3 Å². The van der Waals surface area contributed by atoms with E-state index in [1.807, 2.05) is 0 Å². The molecule has 0 heterocycles. The number of aromatic hydroxyl groups is 1.